The Bertz CT molecular complexity index is 914. The zero-order valence-electron chi connectivity index (χ0n) is 18.8. The molecule has 1 fully saturated rings. The molecule has 1 saturated heterocycles. The predicted octanol–water partition coefficient (Wildman–Crippen LogP) is 2.35. The van der Waals surface area contributed by atoms with Crippen molar-refractivity contribution in [2.75, 3.05) is 33.6 Å². The summed E-state index contributed by atoms with van der Waals surface area (Å²) in [7, 11) is 4.52. The first kappa shape index (κ1) is 23.4. The van der Waals surface area contributed by atoms with Crippen LogP contribution >= 0.6 is 0 Å². The molecule has 1 heterocycles. The van der Waals surface area contributed by atoms with Gasteiger partial charge in [-0.05, 0) is 55.6 Å². The van der Waals surface area contributed by atoms with Gasteiger partial charge in [0, 0.05) is 23.7 Å². The topological polar surface area (TPSA) is 112 Å². The molecule has 4 N–H and O–H groups in total. The molecule has 3 rings (SSSR count). The van der Waals surface area contributed by atoms with Crippen molar-refractivity contribution in [1.29, 1.82) is 0 Å². The van der Waals surface area contributed by atoms with Gasteiger partial charge in [0.1, 0.15) is 0 Å². The van der Waals surface area contributed by atoms with Crippen LogP contribution in [0.2, 0.25) is 0 Å². The highest BCUT2D eigenvalue weighted by Gasteiger charge is 2.26. The molecule has 1 aliphatic heterocycles. The molecule has 0 saturated carbocycles. The van der Waals surface area contributed by atoms with E-state index in [0.29, 0.717) is 34.9 Å². The summed E-state index contributed by atoms with van der Waals surface area (Å²) < 4.78 is 16.1. The van der Waals surface area contributed by atoms with Crippen molar-refractivity contribution in [3.63, 3.8) is 0 Å². The Morgan fingerprint density at radius 2 is 1.75 bits per heavy atom. The van der Waals surface area contributed by atoms with Crippen LogP contribution in [-0.2, 0) is 11.2 Å². The summed E-state index contributed by atoms with van der Waals surface area (Å²) >= 11 is 0. The summed E-state index contributed by atoms with van der Waals surface area (Å²) in [5, 5.41) is 6.26. The fourth-order valence-electron chi connectivity index (χ4n) is 3.91. The van der Waals surface area contributed by atoms with Gasteiger partial charge in [-0.2, -0.15) is 0 Å². The Morgan fingerprint density at radius 3 is 2.28 bits per heavy atom. The lowest BCUT2D eigenvalue weighted by atomic mass is 9.97. The Morgan fingerprint density at radius 1 is 1.09 bits per heavy atom. The molecule has 2 aromatic carbocycles. The molecule has 32 heavy (non-hydrogen) atoms. The van der Waals surface area contributed by atoms with Gasteiger partial charge in [0.25, 0.3) is 0 Å². The molecule has 0 bridgehead atoms. The molecule has 2 atom stereocenters. The van der Waals surface area contributed by atoms with Crippen LogP contribution in [0.5, 0.6) is 17.2 Å². The maximum absolute atomic E-state index is 13.2. The van der Waals surface area contributed by atoms with E-state index in [1.807, 2.05) is 24.3 Å². The number of hydrogen-bond donors (Lipinski definition) is 3. The number of nitrogens with two attached hydrogens (primary N) is 1. The molecule has 2 aromatic rings. The number of amides is 1. The summed E-state index contributed by atoms with van der Waals surface area (Å²) in [6.45, 7) is 0.824. The van der Waals surface area contributed by atoms with Gasteiger partial charge in [0.2, 0.25) is 11.7 Å². The number of carbonyl (C=O) groups is 2. The summed E-state index contributed by atoms with van der Waals surface area (Å²) in [5.41, 5.74) is 7.87. The maximum atomic E-state index is 13.2. The van der Waals surface area contributed by atoms with E-state index < -0.39 is 0 Å². The third kappa shape index (κ3) is 5.70. The fourth-order valence-corrected chi connectivity index (χ4v) is 3.91. The molecule has 0 aliphatic carbocycles. The van der Waals surface area contributed by atoms with E-state index in [2.05, 4.69) is 10.6 Å². The highest BCUT2D eigenvalue weighted by atomic mass is 16.5. The van der Waals surface area contributed by atoms with E-state index >= 15 is 0 Å². The van der Waals surface area contributed by atoms with Gasteiger partial charge in [-0.1, -0.05) is 12.1 Å². The Kier molecular flexibility index (Phi) is 7.94. The van der Waals surface area contributed by atoms with E-state index in [4.69, 9.17) is 19.9 Å². The van der Waals surface area contributed by atoms with E-state index in [1.54, 1.807) is 12.1 Å². The third-order valence-electron chi connectivity index (χ3n) is 5.60. The second kappa shape index (κ2) is 10.9. The van der Waals surface area contributed by atoms with Gasteiger partial charge in [0.15, 0.2) is 17.3 Å². The zero-order chi connectivity index (χ0) is 23.1. The molecule has 1 unspecified atom stereocenters. The average molecular weight is 442 g/mol. The second-order valence-corrected chi connectivity index (χ2v) is 7.84. The number of ketones is 1. The number of ether oxygens (including phenoxy) is 3. The van der Waals surface area contributed by atoms with Crippen LogP contribution in [0.4, 0.5) is 5.69 Å². The molecular weight excluding hydrogens is 410 g/mol. The number of nitrogen functional groups attached to an aromatic ring is 1. The van der Waals surface area contributed by atoms with Gasteiger partial charge in [-0.3, -0.25) is 9.59 Å². The largest absolute Gasteiger partial charge is 0.493 e. The van der Waals surface area contributed by atoms with Crippen molar-refractivity contribution in [2.24, 2.45) is 0 Å². The van der Waals surface area contributed by atoms with Gasteiger partial charge in [0.05, 0.1) is 27.4 Å². The zero-order valence-corrected chi connectivity index (χ0v) is 18.8. The van der Waals surface area contributed by atoms with Crippen LogP contribution in [0.3, 0.4) is 0 Å². The average Bonchev–Trinajstić information content (AvgIpc) is 3.34. The van der Waals surface area contributed by atoms with Crippen LogP contribution in [-0.4, -0.2) is 51.6 Å². The minimum Gasteiger partial charge on any atom is -0.493 e. The van der Waals surface area contributed by atoms with Crippen LogP contribution in [0, 0.1) is 0 Å². The van der Waals surface area contributed by atoms with Crippen molar-refractivity contribution in [3.05, 3.63) is 47.5 Å². The first-order chi connectivity index (χ1) is 15.4. The lowest BCUT2D eigenvalue weighted by molar-refractivity contribution is -0.123. The standard InChI is InChI=1S/C24H31N3O5/c1-30-21-12-16(13-22(31-2)23(21)32-3)20(28)14-18(11-15-6-8-17(25)9-7-15)27-24(29)19-5-4-10-26-19/h6-9,12-13,18-19,26H,4-5,10-11,14,25H2,1-3H3,(H,27,29)/t18?,19-/m0/s1. The number of carbonyl (C=O) groups excluding carboxylic acids is 2. The molecule has 0 spiro atoms. The van der Waals surface area contributed by atoms with Crippen LogP contribution in [0.15, 0.2) is 36.4 Å². The Hall–Kier alpha value is -3.26. The molecule has 0 radical (unpaired) electrons. The van der Waals surface area contributed by atoms with E-state index in [9.17, 15) is 9.59 Å². The molecule has 8 heteroatoms. The highest BCUT2D eigenvalue weighted by Crippen LogP contribution is 2.38. The normalized spacial score (nSPS) is 16.3. The fraction of sp³-hybridized carbons (Fsp3) is 0.417. The first-order valence-electron chi connectivity index (χ1n) is 10.7. The number of nitrogens with one attached hydrogen (secondary N) is 2. The van der Waals surface area contributed by atoms with Gasteiger partial charge < -0.3 is 30.6 Å². The molecular formula is C24H31N3O5. The van der Waals surface area contributed by atoms with Crippen LogP contribution in [0.25, 0.3) is 0 Å². The predicted molar refractivity (Wildman–Crippen MR) is 123 cm³/mol. The number of hydrogen-bond acceptors (Lipinski definition) is 7. The van der Waals surface area contributed by atoms with Gasteiger partial charge >= 0.3 is 0 Å². The Balaban J connectivity index is 1.81. The molecule has 8 nitrogen and oxygen atoms in total. The number of rotatable bonds is 10. The number of methoxy groups -OCH3 is 3. The number of Topliss-reactive ketones (excluding diaryl/α,β-unsaturated/α-hetero) is 1. The molecule has 172 valence electrons. The van der Waals surface area contributed by atoms with Gasteiger partial charge in [-0.25, -0.2) is 0 Å². The molecule has 1 amide bonds. The number of benzene rings is 2. The molecule has 0 aromatic heterocycles. The maximum Gasteiger partial charge on any atom is 0.237 e. The minimum absolute atomic E-state index is 0.0827. The van der Waals surface area contributed by atoms with Crippen LogP contribution in [0.1, 0.15) is 35.2 Å². The quantitative estimate of drug-likeness (QED) is 0.383. The monoisotopic (exact) mass is 441 g/mol. The first-order valence-corrected chi connectivity index (χ1v) is 10.7. The van der Waals surface area contributed by atoms with Crippen molar-refractivity contribution in [1.82, 2.24) is 10.6 Å². The van der Waals surface area contributed by atoms with Crippen molar-refractivity contribution in [2.45, 2.75) is 37.8 Å². The lowest BCUT2D eigenvalue weighted by Crippen LogP contribution is -2.46. The smallest absolute Gasteiger partial charge is 0.237 e. The second-order valence-electron chi connectivity index (χ2n) is 7.84. The summed E-state index contributed by atoms with van der Waals surface area (Å²) in [5.74, 6) is 1.02. The summed E-state index contributed by atoms with van der Waals surface area (Å²) in [4.78, 5) is 25.9. The van der Waals surface area contributed by atoms with E-state index in [0.717, 1.165) is 24.9 Å². The Labute approximate surface area is 188 Å². The van der Waals surface area contributed by atoms with E-state index in [1.165, 1.54) is 21.3 Å². The minimum atomic E-state index is -0.375. The van der Waals surface area contributed by atoms with Crippen molar-refractivity contribution >= 4 is 17.4 Å². The van der Waals surface area contributed by atoms with Crippen molar-refractivity contribution in [3.8, 4) is 17.2 Å². The molecule has 1 aliphatic rings. The van der Waals surface area contributed by atoms with Crippen molar-refractivity contribution < 1.29 is 23.8 Å². The van der Waals surface area contributed by atoms with Gasteiger partial charge in [-0.15, -0.1) is 0 Å². The third-order valence-corrected chi connectivity index (χ3v) is 5.60. The number of anilines is 1. The summed E-state index contributed by atoms with van der Waals surface area (Å²) in [6.07, 6.45) is 2.39. The lowest BCUT2D eigenvalue weighted by Gasteiger charge is -2.21. The summed E-state index contributed by atoms with van der Waals surface area (Å²) in [6, 6.07) is 10.1. The SMILES string of the molecule is COc1cc(C(=O)CC(Cc2ccc(N)cc2)NC(=O)[C@@H]2CCCN2)cc(OC)c1OC. The van der Waals surface area contributed by atoms with E-state index in [-0.39, 0.29) is 30.2 Å². The highest BCUT2D eigenvalue weighted by molar-refractivity contribution is 5.98. The van der Waals surface area contributed by atoms with Crippen LogP contribution < -0.4 is 30.6 Å².